The van der Waals surface area contributed by atoms with E-state index in [1.54, 1.807) is 13.8 Å². The highest BCUT2D eigenvalue weighted by atomic mass is 32.2. The van der Waals surface area contributed by atoms with Gasteiger partial charge in [0.05, 0.1) is 0 Å². The van der Waals surface area contributed by atoms with Crippen molar-refractivity contribution in [2.75, 3.05) is 13.1 Å². The molecule has 0 radical (unpaired) electrons. The van der Waals surface area contributed by atoms with Crippen molar-refractivity contribution >= 4 is 27.5 Å². The van der Waals surface area contributed by atoms with Gasteiger partial charge in [0.2, 0.25) is 0 Å². The quantitative estimate of drug-likeness (QED) is 0.409. The van der Waals surface area contributed by atoms with Gasteiger partial charge >= 0.3 is 0 Å². The molecule has 4 N–H and O–H groups in total. The standard InChI is InChI=1S/C5H14N4O2S2/c1-3-9(4-2)13(10,11)8-7-5(6)12/h8H,3-4H2,1-2H3,(H3,6,7,12). The molecule has 0 saturated heterocycles. The van der Waals surface area contributed by atoms with Gasteiger partial charge in [0.1, 0.15) is 0 Å². The van der Waals surface area contributed by atoms with Gasteiger partial charge in [-0.2, -0.15) is 12.7 Å². The second-order valence-electron chi connectivity index (χ2n) is 2.18. The van der Waals surface area contributed by atoms with Crippen LogP contribution in [0.15, 0.2) is 0 Å². The number of thiocarbonyl (C=S) groups is 1. The van der Waals surface area contributed by atoms with E-state index in [2.05, 4.69) is 17.6 Å². The maximum Gasteiger partial charge on any atom is 0.296 e. The zero-order valence-electron chi connectivity index (χ0n) is 7.57. The van der Waals surface area contributed by atoms with Crippen molar-refractivity contribution in [3.8, 4) is 0 Å². The molecule has 0 heterocycles. The van der Waals surface area contributed by atoms with Crippen molar-refractivity contribution in [3.05, 3.63) is 0 Å². The highest BCUT2D eigenvalue weighted by Gasteiger charge is 2.17. The van der Waals surface area contributed by atoms with E-state index in [0.717, 1.165) is 0 Å². The molecule has 0 aliphatic heterocycles. The average Bonchev–Trinajstić information content (AvgIpc) is 2.03. The summed E-state index contributed by atoms with van der Waals surface area (Å²) < 4.78 is 23.9. The second-order valence-corrected chi connectivity index (χ2v) is 4.29. The van der Waals surface area contributed by atoms with Crippen LogP contribution in [0.1, 0.15) is 13.8 Å². The summed E-state index contributed by atoms with van der Waals surface area (Å²) in [5, 5.41) is -0.115. The van der Waals surface area contributed by atoms with E-state index in [4.69, 9.17) is 5.73 Å². The van der Waals surface area contributed by atoms with Gasteiger partial charge in [-0.1, -0.05) is 13.8 Å². The predicted octanol–water partition coefficient (Wildman–Crippen LogP) is -1.09. The van der Waals surface area contributed by atoms with E-state index in [9.17, 15) is 8.42 Å². The summed E-state index contributed by atoms with van der Waals surface area (Å²) in [6, 6.07) is 0. The third kappa shape index (κ3) is 4.36. The molecule has 0 fully saturated rings. The van der Waals surface area contributed by atoms with Crippen LogP contribution < -0.4 is 16.0 Å². The van der Waals surface area contributed by atoms with Gasteiger partial charge < -0.3 is 5.73 Å². The molecule has 78 valence electrons. The smallest absolute Gasteiger partial charge is 0.296 e. The van der Waals surface area contributed by atoms with E-state index in [1.807, 2.05) is 4.83 Å². The Kier molecular flexibility index (Phi) is 5.14. The molecule has 8 heteroatoms. The first-order valence-corrected chi connectivity index (χ1v) is 5.61. The minimum Gasteiger partial charge on any atom is -0.375 e. The highest BCUT2D eigenvalue weighted by molar-refractivity contribution is 7.87. The summed E-state index contributed by atoms with van der Waals surface area (Å²) in [6.07, 6.45) is 0. The lowest BCUT2D eigenvalue weighted by atomic mass is 10.7. The van der Waals surface area contributed by atoms with Crippen LogP contribution in [0, 0.1) is 0 Å². The first-order chi connectivity index (χ1) is 5.94. The van der Waals surface area contributed by atoms with Crippen LogP contribution in [0.5, 0.6) is 0 Å². The van der Waals surface area contributed by atoms with Crippen molar-refractivity contribution in [1.82, 2.24) is 14.6 Å². The van der Waals surface area contributed by atoms with Gasteiger partial charge in [0.25, 0.3) is 10.2 Å². The number of hydrogen-bond acceptors (Lipinski definition) is 3. The van der Waals surface area contributed by atoms with E-state index < -0.39 is 10.2 Å². The van der Waals surface area contributed by atoms with Crippen LogP contribution >= 0.6 is 12.2 Å². The molecule has 0 rings (SSSR count). The molecule has 13 heavy (non-hydrogen) atoms. The summed E-state index contributed by atoms with van der Waals surface area (Å²) in [4.78, 5) is 2.04. The number of hydrazine groups is 1. The Bertz CT molecular complexity index is 260. The van der Waals surface area contributed by atoms with E-state index in [1.165, 1.54) is 4.31 Å². The molecule has 0 aliphatic rings. The van der Waals surface area contributed by atoms with Gasteiger partial charge in [-0.25, -0.2) is 0 Å². The van der Waals surface area contributed by atoms with Crippen LogP contribution in [0.25, 0.3) is 0 Å². The first-order valence-electron chi connectivity index (χ1n) is 3.76. The summed E-state index contributed by atoms with van der Waals surface area (Å²) >= 11 is 4.44. The Morgan fingerprint density at radius 2 is 1.92 bits per heavy atom. The zero-order chi connectivity index (χ0) is 10.5. The lowest BCUT2D eigenvalue weighted by Crippen LogP contribution is -2.50. The fraction of sp³-hybridized carbons (Fsp3) is 0.800. The molecule has 0 bridgehead atoms. The Balaban J connectivity index is 4.30. The van der Waals surface area contributed by atoms with Crippen molar-refractivity contribution in [2.24, 2.45) is 5.73 Å². The molecule has 0 aromatic heterocycles. The molecule has 0 unspecified atom stereocenters. The van der Waals surface area contributed by atoms with Gasteiger partial charge in [-0.3, -0.25) is 5.43 Å². The summed E-state index contributed by atoms with van der Waals surface area (Å²) in [7, 11) is -3.51. The van der Waals surface area contributed by atoms with Crippen molar-refractivity contribution in [2.45, 2.75) is 13.8 Å². The summed E-state index contributed by atoms with van der Waals surface area (Å²) in [5.74, 6) is 0. The molecule has 0 aromatic carbocycles. The van der Waals surface area contributed by atoms with Crippen LogP contribution in [-0.4, -0.2) is 30.9 Å². The molecule has 0 amide bonds. The van der Waals surface area contributed by atoms with Gasteiger partial charge in [-0.15, -0.1) is 4.83 Å². The molecule has 0 spiro atoms. The first kappa shape index (κ1) is 12.6. The van der Waals surface area contributed by atoms with Gasteiger partial charge in [0, 0.05) is 13.1 Å². The Hall–Kier alpha value is -0.440. The number of nitrogens with two attached hydrogens (primary N) is 1. The Morgan fingerprint density at radius 3 is 2.23 bits per heavy atom. The van der Waals surface area contributed by atoms with Crippen LogP contribution in [-0.2, 0) is 10.2 Å². The third-order valence-electron chi connectivity index (χ3n) is 1.35. The monoisotopic (exact) mass is 226 g/mol. The van der Waals surface area contributed by atoms with E-state index >= 15 is 0 Å². The average molecular weight is 226 g/mol. The molecule has 0 aromatic rings. The molecule has 0 atom stereocenters. The van der Waals surface area contributed by atoms with Crippen LogP contribution in [0.3, 0.4) is 0 Å². The fourth-order valence-corrected chi connectivity index (χ4v) is 1.91. The maximum absolute atomic E-state index is 11.3. The molecular formula is C5H14N4O2S2. The fourth-order valence-electron chi connectivity index (χ4n) is 0.743. The van der Waals surface area contributed by atoms with Crippen molar-refractivity contribution in [3.63, 3.8) is 0 Å². The summed E-state index contributed by atoms with van der Waals surface area (Å²) in [6.45, 7) is 4.27. The molecule has 0 saturated carbocycles. The third-order valence-corrected chi connectivity index (χ3v) is 3.01. The topological polar surface area (TPSA) is 87.5 Å². The van der Waals surface area contributed by atoms with Gasteiger partial charge in [-0.05, 0) is 12.2 Å². The highest BCUT2D eigenvalue weighted by Crippen LogP contribution is 1.94. The van der Waals surface area contributed by atoms with Crippen molar-refractivity contribution < 1.29 is 8.42 Å². The lowest BCUT2D eigenvalue weighted by molar-refractivity contribution is 0.432. The second kappa shape index (κ2) is 5.32. The number of nitrogens with one attached hydrogen (secondary N) is 2. The number of nitrogens with zero attached hydrogens (tertiary/aromatic N) is 1. The number of hydrogen-bond donors (Lipinski definition) is 3. The minimum atomic E-state index is -3.51. The maximum atomic E-state index is 11.3. The lowest BCUT2D eigenvalue weighted by Gasteiger charge is -2.18. The number of rotatable bonds is 5. The van der Waals surface area contributed by atoms with Crippen LogP contribution in [0.4, 0.5) is 0 Å². The Labute approximate surface area is 83.6 Å². The predicted molar refractivity (Wildman–Crippen MR) is 54.9 cm³/mol. The largest absolute Gasteiger partial charge is 0.375 e. The van der Waals surface area contributed by atoms with Gasteiger partial charge in [0.15, 0.2) is 5.11 Å². The Morgan fingerprint density at radius 1 is 1.46 bits per heavy atom. The minimum absolute atomic E-state index is 0.115. The van der Waals surface area contributed by atoms with Crippen LogP contribution in [0.2, 0.25) is 0 Å². The SMILES string of the molecule is CCN(CC)S(=O)(=O)NNC(N)=S. The zero-order valence-corrected chi connectivity index (χ0v) is 9.20. The van der Waals surface area contributed by atoms with E-state index in [-0.39, 0.29) is 5.11 Å². The molecule has 6 nitrogen and oxygen atoms in total. The molecule has 0 aliphatic carbocycles. The van der Waals surface area contributed by atoms with Crippen molar-refractivity contribution in [1.29, 1.82) is 0 Å². The van der Waals surface area contributed by atoms with E-state index in [0.29, 0.717) is 13.1 Å². The molecular weight excluding hydrogens is 212 g/mol. The summed E-state index contributed by atoms with van der Waals surface area (Å²) in [5.41, 5.74) is 7.22. The normalized spacial score (nSPS) is 11.6.